The monoisotopic (exact) mass is 382 g/mol. The standard InChI is InChI=1S/C20H19ClN4O2/c21-16-6-7-18-23-17(13-25(18)12-16)10-22-20(27)15-4-1-3-14(9-15)11-24-8-2-5-19(24)26/h1,3-4,6-7,9,12-13H,2,5,8,10-11H2,(H,22,27). The quantitative estimate of drug-likeness (QED) is 0.737. The smallest absolute Gasteiger partial charge is 0.251 e. The average Bonchev–Trinajstić information content (AvgIpc) is 3.25. The Bertz CT molecular complexity index is 1010. The van der Waals surface area contributed by atoms with Crippen LogP contribution in [0.4, 0.5) is 0 Å². The Hall–Kier alpha value is -2.86. The van der Waals surface area contributed by atoms with Gasteiger partial charge in [0, 0.05) is 37.5 Å². The maximum atomic E-state index is 12.5. The second-order valence-electron chi connectivity index (χ2n) is 6.65. The second-order valence-corrected chi connectivity index (χ2v) is 7.08. The van der Waals surface area contributed by atoms with Gasteiger partial charge < -0.3 is 14.6 Å². The lowest BCUT2D eigenvalue weighted by atomic mass is 10.1. The van der Waals surface area contributed by atoms with Crippen LogP contribution in [0.15, 0.2) is 48.8 Å². The summed E-state index contributed by atoms with van der Waals surface area (Å²) in [7, 11) is 0. The largest absolute Gasteiger partial charge is 0.346 e. The fourth-order valence-corrected chi connectivity index (χ4v) is 3.45. The first-order valence-electron chi connectivity index (χ1n) is 8.86. The Kier molecular flexibility index (Phi) is 4.81. The summed E-state index contributed by atoms with van der Waals surface area (Å²) in [6.45, 7) is 1.66. The number of imidazole rings is 1. The van der Waals surface area contributed by atoms with E-state index in [1.165, 1.54) is 0 Å². The van der Waals surface area contributed by atoms with Crippen molar-refractivity contribution in [3.8, 4) is 0 Å². The number of amides is 2. The molecule has 3 heterocycles. The van der Waals surface area contributed by atoms with Gasteiger partial charge in [-0.25, -0.2) is 4.98 Å². The van der Waals surface area contributed by atoms with E-state index in [2.05, 4.69) is 10.3 Å². The molecule has 0 saturated carbocycles. The third-order valence-electron chi connectivity index (χ3n) is 4.63. The number of pyridine rings is 1. The van der Waals surface area contributed by atoms with E-state index in [4.69, 9.17) is 11.6 Å². The van der Waals surface area contributed by atoms with Crippen molar-refractivity contribution in [3.05, 3.63) is 70.6 Å². The molecule has 0 unspecified atom stereocenters. The molecule has 0 spiro atoms. The number of rotatable bonds is 5. The highest BCUT2D eigenvalue weighted by atomic mass is 35.5. The van der Waals surface area contributed by atoms with Gasteiger partial charge in [0.2, 0.25) is 5.91 Å². The zero-order valence-electron chi connectivity index (χ0n) is 14.7. The van der Waals surface area contributed by atoms with E-state index in [9.17, 15) is 9.59 Å². The number of fused-ring (bicyclic) bond motifs is 1. The van der Waals surface area contributed by atoms with E-state index in [1.807, 2.05) is 39.8 Å². The number of hydrogen-bond donors (Lipinski definition) is 1. The number of nitrogens with zero attached hydrogens (tertiary/aromatic N) is 3. The lowest BCUT2D eigenvalue weighted by Crippen LogP contribution is -2.25. The minimum atomic E-state index is -0.167. The fourth-order valence-electron chi connectivity index (χ4n) is 3.28. The molecule has 27 heavy (non-hydrogen) atoms. The Morgan fingerprint density at radius 3 is 2.93 bits per heavy atom. The van der Waals surface area contributed by atoms with Gasteiger partial charge in [-0.2, -0.15) is 0 Å². The van der Waals surface area contributed by atoms with Gasteiger partial charge in [-0.05, 0) is 36.2 Å². The van der Waals surface area contributed by atoms with Crippen molar-refractivity contribution in [2.75, 3.05) is 6.54 Å². The van der Waals surface area contributed by atoms with E-state index in [-0.39, 0.29) is 11.8 Å². The molecule has 2 aromatic heterocycles. The first-order chi connectivity index (χ1) is 13.1. The molecule has 138 valence electrons. The number of halogens is 1. The van der Waals surface area contributed by atoms with Crippen LogP contribution in [0.5, 0.6) is 0 Å². The normalized spacial score (nSPS) is 14.1. The van der Waals surface area contributed by atoms with Crippen LogP contribution in [0, 0.1) is 0 Å². The van der Waals surface area contributed by atoms with Gasteiger partial charge in [0.15, 0.2) is 0 Å². The Balaban J connectivity index is 1.41. The summed E-state index contributed by atoms with van der Waals surface area (Å²) in [6, 6.07) is 11.0. The highest BCUT2D eigenvalue weighted by Gasteiger charge is 2.20. The average molecular weight is 383 g/mol. The number of nitrogens with one attached hydrogen (secondary N) is 1. The molecular weight excluding hydrogens is 364 g/mol. The highest BCUT2D eigenvalue weighted by Crippen LogP contribution is 2.16. The van der Waals surface area contributed by atoms with Crippen LogP contribution in [-0.2, 0) is 17.9 Å². The highest BCUT2D eigenvalue weighted by molar-refractivity contribution is 6.30. The third kappa shape index (κ3) is 3.95. The summed E-state index contributed by atoms with van der Waals surface area (Å²) in [4.78, 5) is 30.6. The Morgan fingerprint density at radius 2 is 2.11 bits per heavy atom. The maximum Gasteiger partial charge on any atom is 0.251 e. The first kappa shape index (κ1) is 17.5. The van der Waals surface area contributed by atoms with Crippen molar-refractivity contribution in [2.45, 2.75) is 25.9 Å². The van der Waals surface area contributed by atoms with Crippen LogP contribution in [0.3, 0.4) is 0 Å². The molecule has 4 rings (SSSR count). The van der Waals surface area contributed by atoms with Crippen LogP contribution < -0.4 is 5.32 Å². The minimum Gasteiger partial charge on any atom is -0.346 e. The summed E-state index contributed by atoms with van der Waals surface area (Å²) in [6.07, 6.45) is 5.14. The second kappa shape index (κ2) is 7.40. The molecule has 0 bridgehead atoms. The molecule has 3 aromatic rings. The van der Waals surface area contributed by atoms with E-state index in [0.29, 0.717) is 30.1 Å². The molecule has 2 amide bonds. The molecule has 1 aliphatic rings. The van der Waals surface area contributed by atoms with Crippen LogP contribution in [-0.4, -0.2) is 32.6 Å². The van der Waals surface area contributed by atoms with E-state index in [0.717, 1.165) is 29.9 Å². The lowest BCUT2D eigenvalue weighted by Gasteiger charge is -2.16. The molecule has 1 aliphatic heterocycles. The van der Waals surface area contributed by atoms with Crippen LogP contribution in [0.25, 0.3) is 5.65 Å². The molecule has 1 N–H and O–H groups in total. The number of carbonyl (C=O) groups excluding carboxylic acids is 2. The summed E-state index contributed by atoms with van der Waals surface area (Å²) < 4.78 is 1.83. The third-order valence-corrected chi connectivity index (χ3v) is 4.85. The van der Waals surface area contributed by atoms with E-state index < -0.39 is 0 Å². The number of hydrogen-bond acceptors (Lipinski definition) is 3. The SMILES string of the molecule is O=C(NCc1cn2cc(Cl)ccc2n1)c1cccc(CN2CCCC2=O)c1. The molecule has 7 heteroatoms. The number of likely N-dealkylation sites (tertiary alicyclic amines) is 1. The fraction of sp³-hybridized carbons (Fsp3) is 0.250. The zero-order chi connectivity index (χ0) is 18.8. The molecular formula is C20H19ClN4O2. The lowest BCUT2D eigenvalue weighted by molar-refractivity contribution is -0.128. The predicted molar refractivity (Wildman–Crippen MR) is 102 cm³/mol. The zero-order valence-corrected chi connectivity index (χ0v) is 15.4. The van der Waals surface area contributed by atoms with Crippen molar-refractivity contribution in [3.63, 3.8) is 0 Å². The van der Waals surface area contributed by atoms with Crippen molar-refractivity contribution in [1.29, 1.82) is 0 Å². The topological polar surface area (TPSA) is 66.7 Å². The van der Waals surface area contributed by atoms with Gasteiger partial charge in [0.1, 0.15) is 5.65 Å². The molecule has 0 radical (unpaired) electrons. The molecule has 1 aromatic carbocycles. The van der Waals surface area contributed by atoms with Gasteiger partial charge >= 0.3 is 0 Å². The van der Waals surface area contributed by atoms with Gasteiger partial charge in [-0.3, -0.25) is 9.59 Å². The summed E-state index contributed by atoms with van der Waals surface area (Å²) in [5.41, 5.74) is 3.07. The van der Waals surface area contributed by atoms with Gasteiger partial charge in [-0.15, -0.1) is 0 Å². The predicted octanol–water partition coefficient (Wildman–Crippen LogP) is 3.04. The Morgan fingerprint density at radius 1 is 1.22 bits per heavy atom. The van der Waals surface area contributed by atoms with E-state index >= 15 is 0 Å². The van der Waals surface area contributed by atoms with Gasteiger partial charge in [0.25, 0.3) is 5.91 Å². The van der Waals surface area contributed by atoms with E-state index in [1.54, 1.807) is 18.3 Å². The summed E-state index contributed by atoms with van der Waals surface area (Å²) >= 11 is 5.98. The van der Waals surface area contributed by atoms with Crippen LogP contribution in [0.1, 0.15) is 34.5 Å². The molecule has 6 nitrogen and oxygen atoms in total. The number of carbonyl (C=O) groups is 2. The Labute approximate surface area is 161 Å². The summed E-state index contributed by atoms with van der Waals surface area (Å²) in [5.74, 6) is 0.0106. The number of benzene rings is 1. The van der Waals surface area contributed by atoms with Crippen molar-refractivity contribution >= 4 is 29.1 Å². The number of aromatic nitrogens is 2. The van der Waals surface area contributed by atoms with Crippen molar-refractivity contribution < 1.29 is 9.59 Å². The van der Waals surface area contributed by atoms with Crippen molar-refractivity contribution in [2.24, 2.45) is 0 Å². The van der Waals surface area contributed by atoms with Crippen LogP contribution in [0.2, 0.25) is 5.02 Å². The van der Waals surface area contributed by atoms with Gasteiger partial charge in [0.05, 0.1) is 17.3 Å². The van der Waals surface area contributed by atoms with Crippen molar-refractivity contribution in [1.82, 2.24) is 19.6 Å². The maximum absolute atomic E-state index is 12.5. The van der Waals surface area contributed by atoms with Crippen LogP contribution >= 0.6 is 11.6 Å². The summed E-state index contributed by atoms with van der Waals surface area (Å²) in [5, 5.41) is 3.52. The molecule has 1 saturated heterocycles. The molecule has 1 fully saturated rings. The minimum absolute atomic E-state index is 0.167. The first-order valence-corrected chi connectivity index (χ1v) is 9.24. The molecule has 0 atom stereocenters. The molecule has 0 aliphatic carbocycles. The van der Waals surface area contributed by atoms with Gasteiger partial charge in [-0.1, -0.05) is 23.7 Å².